The van der Waals surface area contributed by atoms with Crippen molar-refractivity contribution in [2.45, 2.75) is 57.0 Å². The fourth-order valence-corrected chi connectivity index (χ4v) is 4.29. The van der Waals surface area contributed by atoms with Crippen molar-refractivity contribution in [3.05, 3.63) is 97.1 Å². The smallest absolute Gasteiger partial charge is 0.408 e. The van der Waals surface area contributed by atoms with E-state index in [0.29, 0.717) is 5.56 Å². The first kappa shape index (κ1) is 35.7. The molecule has 0 heterocycles. The van der Waals surface area contributed by atoms with Gasteiger partial charge in [-0.3, -0.25) is 9.59 Å². The highest BCUT2D eigenvalue weighted by Gasteiger charge is 2.33. The highest BCUT2D eigenvalue weighted by Crippen LogP contribution is 2.24. The molecular formula is C33H43N3O8. The van der Waals surface area contributed by atoms with Crippen LogP contribution in [0, 0.1) is 5.92 Å². The van der Waals surface area contributed by atoms with E-state index in [-0.39, 0.29) is 39.1 Å². The summed E-state index contributed by atoms with van der Waals surface area (Å²) in [5.74, 6) is -2.42. The van der Waals surface area contributed by atoms with Gasteiger partial charge in [-0.25, -0.2) is 9.59 Å². The summed E-state index contributed by atoms with van der Waals surface area (Å²) in [5, 5.41) is 17.3. The average Bonchev–Trinajstić information content (AvgIpc) is 3.02. The van der Waals surface area contributed by atoms with E-state index in [4.69, 9.17) is 14.2 Å². The lowest BCUT2D eigenvalue weighted by molar-refractivity contribution is -0.155. The molecule has 4 N–H and O–H groups in total. The van der Waals surface area contributed by atoms with E-state index in [9.17, 15) is 24.3 Å². The van der Waals surface area contributed by atoms with Crippen molar-refractivity contribution in [3.8, 4) is 0 Å². The van der Waals surface area contributed by atoms with Crippen LogP contribution in [-0.2, 0) is 35.2 Å². The number of methoxy groups -OCH3 is 1. The van der Waals surface area contributed by atoms with Gasteiger partial charge in [-0.15, -0.1) is 13.2 Å². The molecule has 0 unspecified atom stereocenters. The van der Waals surface area contributed by atoms with Crippen LogP contribution in [0.3, 0.4) is 0 Å². The van der Waals surface area contributed by atoms with Gasteiger partial charge in [0.15, 0.2) is 0 Å². The van der Waals surface area contributed by atoms with Gasteiger partial charge in [-0.2, -0.15) is 0 Å². The molecule has 5 atom stereocenters. The minimum absolute atomic E-state index is 0.0138. The second kappa shape index (κ2) is 19.7. The van der Waals surface area contributed by atoms with Gasteiger partial charge in [-0.05, 0) is 30.9 Å². The summed E-state index contributed by atoms with van der Waals surface area (Å²) < 4.78 is 16.6. The molecule has 2 aromatic rings. The summed E-state index contributed by atoms with van der Waals surface area (Å²) in [4.78, 5) is 51.9. The zero-order valence-electron chi connectivity index (χ0n) is 25.3. The summed E-state index contributed by atoms with van der Waals surface area (Å²) in [6.07, 6.45) is 1.30. The number of alkyl carbamates (subject to hydrolysis) is 1. The maximum Gasteiger partial charge on any atom is 0.408 e. The lowest BCUT2D eigenvalue weighted by Gasteiger charge is -2.30. The van der Waals surface area contributed by atoms with E-state index < -0.39 is 54.0 Å². The van der Waals surface area contributed by atoms with Gasteiger partial charge in [0.1, 0.15) is 18.8 Å². The Balaban J connectivity index is 2.23. The van der Waals surface area contributed by atoms with E-state index in [1.54, 1.807) is 49.4 Å². The standard InChI is InChI=1S/C33H43N3O8/c1-5-13-26(19-29(38)34-23(3)20-37)31(39)35-28(22-42-4)30(25-17-11-8-12-18-25)44-32(40)27(14-6-2)36-33(41)43-21-24-15-9-7-10-16-24/h5-12,15-18,23,26-28,30,37H,1-2,13-14,19-22H2,3-4H3,(H,34,38)(H,35,39)(H,36,41)/t23-,26+,27+,28-,30-/m0/s1. The molecule has 44 heavy (non-hydrogen) atoms. The number of aliphatic hydroxyl groups is 1. The Kier molecular flexibility index (Phi) is 16.0. The Bertz CT molecular complexity index is 1210. The quantitative estimate of drug-likeness (QED) is 0.140. The molecule has 0 fully saturated rings. The third kappa shape index (κ3) is 12.4. The van der Waals surface area contributed by atoms with Crippen molar-refractivity contribution in [1.82, 2.24) is 16.0 Å². The fraction of sp³-hybridized carbons (Fsp3) is 0.394. The molecule has 0 saturated heterocycles. The van der Waals surface area contributed by atoms with Gasteiger partial charge in [0.2, 0.25) is 11.8 Å². The van der Waals surface area contributed by atoms with Crippen molar-refractivity contribution < 1.29 is 38.5 Å². The first-order chi connectivity index (χ1) is 21.2. The molecular weight excluding hydrogens is 566 g/mol. The summed E-state index contributed by atoms with van der Waals surface area (Å²) in [7, 11) is 1.44. The Labute approximate surface area is 258 Å². The van der Waals surface area contributed by atoms with Gasteiger partial charge in [0, 0.05) is 19.6 Å². The Morgan fingerprint density at radius 3 is 2.14 bits per heavy atom. The van der Waals surface area contributed by atoms with Crippen molar-refractivity contribution in [2.24, 2.45) is 5.92 Å². The number of carbonyl (C=O) groups is 4. The average molecular weight is 610 g/mol. The zero-order valence-corrected chi connectivity index (χ0v) is 25.3. The van der Waals surface area contributed by atoms with E-state index >= 15 is 0 Å². The number of amides is 3. The van der Waals surface area contributed by atoms with Crippen LogP contribution in [0.2, 0.25) is 0 Å². The number of aliphatic hydroxyl groups excluding tert-OH is 1. The number of hydrogen-bond donors (Lipinski definition) is 4. The molecule has 11 nitrogen and oxygen atoms in total. The van der Waals surface area contributed by atoms with E-state index in [0.717, 1.165) is 5.56 Å². The number of carbonyl (C=O) groups excluding carboxylic acids is 4. The molecule has 0 saturated carbocycles. The SMILES string of the molecule is C=CC[C@H](CC(=O)N[C@@H](C)CO)C(=O)N[C@@H](COC)[C@@H](OC(=O)[C@@H](CC=C)NC(=O)OCc1ccccc1)c1ccccc1. The van der Waals surface area contributed by atoms with Crippen molar-refractivity contribution in [2.75, 3.05) is 20.3 Å². The molecule has 238 valence electrons. The number of ether oxygens (including phenoxy) is 3. The van der Waals surface area contributed by atoms with Gasteiger partial charge < -0.3 is 35.3 Å². The summed E-state index contributed by atoms with van der Waals surface area (Å²) in [6.45, 7) is 8.76. The number of allylic oxidation sites excluding steroid dienone is 1. The molecule has 0 bridgehead atoms. The summed E-state index contributed by atoms with van der Waals surface area (Å²) in [5.41, 5.74) is 1.35. The topological polar surface area (TPSA) is 152 Å². The molecule has 0 spiro atoms. The van der Waals surface area contributed by atoms with E-state index in [1.165, 1.54) is 19.3 Å². The molecule has 0 aromatic heterocycles. The second-order valence-electron chi connectivity index (χ2n) is 10.2. The third-order valence-corrected chi connectivity index (χ3v) is 6.54. The maximum absolute atomic E-state index is 13.5. The largest absolute Gasteiger partial charge is 0.454 e. The van der Waals surface area contributed by atoms with Crippen LogP contribution in [-0.4, -0.2) is 67.4 Å². The number of nitrogens with one attached hydrogen (secondary N) is 3. The molecule has 0 aliphatic rings. The summed E-state index contributed by atoms with van der Waals surface area (Å²) in [6, 6.07) is 15.4. The van der Waals surface area contributed by atoms with Crippen LogP contribution in [0.1, 0.15) is 43.4 Å². The Morgan fingerprint density at radius 1 is 0.909 bits per heavy atom. The van der Waals surface area contributed by atoms with Crippen LogP contribution >= 0.6 is 0 Å². The lowest BCUT2D eigenvalue weighted by Crippen LogP contribution is -2.49. The van der Waals surface area contributed by atoms with Crippen LogP contribution in [0.5, 0.6) is 0 Å². The summed E-state index contributed by atoms with van der Waals surface area (Å²) >= 11 is 0. The predicted octanol–water partition coefficient (Wildman–Crippen LogP) is 3.35. The number of benzene rings is 2. The molecule has 0 radical (unpaired) electrons. The Morgan fingerprint density at radius 2 is 1.55 bits per heavy atom. The molecule has 0 aliphatic heterocycles. The highest BCUT2D eigenvalue weighted by atomic mass is 16.6. The first-order valence-corrected chi connectivity index (χ1v) is 14.4. The minimum Gasteiger partial charge on any atom is -0.454 e. The number of rotatable bonds is 19. The van der Waals surface area contributed by atoms with Crippen molar-refractivity contribution in [3.63, 3.8) is 0 Å². The number of esters is 1. The van der Waals surface area contributed by atoms with Crippen LogP contribution in [0.15, 0.2) is 86.0 Å². The van der Waals surface area contributed by atoms with E-state index in [1.807, 2.05) is 18.2 Å². The molecule has 11 heteroatoms. The molecule has 2 rings (SSSR count). The van der Waals surface area contributed by atoms with Crippen molar-refractivity contribution in [1.29, 1.82) is 0 Å². The van der Waals surface area contributed by atoms with Gasteiger partial charge >= 0.3 is 12.1 Å². The predicted molar refractivity (Wildman–Crippen MR) is 165 cm³/mol. The van der Waals surface area contributed by atoms with Gasteiger partial charge in [-0.1, -0.05) is 72.8 Å². The van der Waals surface area contributed by atoms with Crippen LogP contribution < -0.4 is 16.0 Å². The van der Waals surface area contributed by atoms with Crippen molar-refractivity contribution >= 4 is 23.9 Å². The zero-order chi connectivity index (χ0) is 32.3. The van der Waals surface area contributed by atoms with Crippen LogP contribution in [0.25, 0.3) is 0 Å². The fourth-order valence-electron chi connectivity index (χ4n) is 4.29. The van der Waals surface area contributed by atoms with Gasteiger partial charge in [0.25, 0.3) is 0 Å². The monoisotopic (exact) mass is 609 g/mol. The highest BCUT2D eigenvalue weighted by molar-refractivity contribution is 5.86. The normalized spacial score (nSPS) is 14.1. The number of hydrogen-bond acceptors (Lipinski definition) is 8. The van der Waals surface area contributed by atoms with Gasteiger partial charge in [0.05, 0.1) is 25.2 Å². The Hall–Kier alpha value is -4.48. The maximum atomic E-state index is 13.5. The first-order valence-electron chi connectivity index (χ1n) is 14.4. The minimum atomic E-state index is -1.12. The third-order valence-electron chi connectivity index (χ3n) is 6.54. The van der Waals surface area contributed by atoms with Crippen LogP contribution in [0.4, 0.5) is 4.79 Å². The molecule has 2 aromatic carbocycles. The van der Waals surface area contributed by atoms with E-state index in [2.05, 4.69) is 29.1 Å². The molecule has 0 aliphatic carbocycles. The lowest BCUT2D eigenvalue weighted by atomic mass is 9.97. The second-order valence-corrected chi connectivity index (χ2v) is 10.2. The molecule has 3 amide bonds.